The van der Waals surface area contributed by atoms with Crippen LogP contribution >= 0.6 is 27.7 Å². The van der Waals surface area contributed by atoms with E-state index in [2.05, 4.69) is 25.9 Å². The molecule has 0 aromatic carbocycles. The summed E-state index contributed by atoms with van der Waals surface area (Å²) < 4.78 is 0.854. The molecule has 0 fully saturated rings. The smallest absolute Gasteiger partial charge is 0.188 e. The van der Waals surface area contributed by atoms with Crippen LogP contribution in [0.2, 0.25) is 0 Å². The van der Waals surface area contributed by atoms with E-state index in [0.717, 1.165) is 21.7 Å². The van der Waals surface area contributed by atoms with Crippen molar-refractivity contribution >= 4 is 27.7 Å². The minimum absolute atomic E-state index is 0.626. The van der Waals surface area contributed by atoms with Crippen molar-refractivity contribution in [3.05, 3.63) is 16.4 Å². The summed E-state index contributed by atoms with van der Waals surface area (Å²) in [6.45, 7) is 0.626. The van der Waals surface area contributed by atoms with Gasteiger partial charge in [0.2, 0.25) is 0 Å². The van der Waals surface area contributed by atoms with Crippen molar-refractivity contribution in [1.82, 2.24) is 9.97 Å². The topological polar surface area (TPSA) is 51.8 Å². The second kappa shape index (κ2) is 4.79. The lowest BCUT2D eigenvalue weighted by atomic mass is 10.2. The van der Waals surface area contributed by atoms with Crippen LogP contribution in [0.1, 0.15) is 5.56 Å². The first-order valence-electron chi connectivity index (χ1n) is 3.53. The summed E-state index contributed by atoms with van der Waals surface area (Å²) in [5, 5.41) is 0.780. The van der Waals surface area contributed by atoms with Gasteiger partial charge >= 0.3 is 0 Å². The molecule has 1 aromatic heterocycles. The van der Waals surface area contributed by atoms with Gasteiger partial charge in [0.15, 0.2) is 5.16 Å². The van der Waals surface area contributed by atoms with Gasteiger partial charge in [0.05, 0.1) is 0 Å². The van der Waals surface area contributed by atoms with Gasteiger partial charge in [-0.25, -0.2) is 9.97 Å². The van der Waals surface area contributed by atoms with E-state index in [0.29, 0.717) is 6.54 Å². The number of hydrogen-bond acceptors (Lipinski definition) is 4. The van der Waals surface area contributed by atoms with Crippen molar-refractivity contribution in [2.75, 3.05) is 12.8 Å². The van der Waals surface area contributed by atoms with Crippen molar-refractivity contribution in [3.8, 4) is 0 Å². The average Bonchev–Trinajstić information content (AvgIpc) is 2.09. The molecule has 5 heteroatoms. The van der Waals surface area contributed by atoms with E-state index in [1.807, 2.05) is 12.5 Å². The number of hydrogen-bond donors (Lipinski definition) is 1. The maximum atomic E-state index is 5.42. The molecule has 0 saturated heterocycles. The normalized spacial score (nSPS) is 10.2. The van der Waals surface area contributed by atoms with Gasteiger partial charge in [0, 0.05) is 11.8 Å². The lowest BCUT2D eigenvalue weighted by Gasteiger charge is -2.01. The molecule has 1 aromatic rings. The van der Waals surface area contributed by atoms with Crippen LogP contribution in [0.4, 0.5) is 0 Å². The average molecular weight is 248 g/mol. The second-order valence-corrected chi connectivity index (χ2v) is 3.74. The Morgan fingerprint density at radius 1 is 1.67 bits per heavy atom. The SMILES string of the molecule is CSc1ncc(CCN)c(Br)n1. The van der Waals surface area contributed by atoms with Crippen LogP contribution in [0, 0.1) is 0 Å². The van der Waals surface area contributed by atoms with E-state index in [4.69, 9.17) is 5.73 Å². The molecule has 0 spiro atoms. The molecule has 0 unspecified atom stereocenters. The number of rotatable bonds is 3. The molecule has 1 rings (SSSR count). The third kappa shape index (κ3) is 2.43. The zero-order valence-corrected chi connectivity index (χ0v) is 9.15. The van der Waals surface area contributed by atoms with Gasteiger partial charge in [0.25, 0.3) is 0 Å². The van der Waals surface area contributed by atoms with Crippen molar-refractivity contribution in [2.24, 2.45) is 5.73 Å². The number of nitrogens with zero attached hydrogens (tertiary/aromatic N) is 2. The molecule has 0 atom stereocenters. The molecule has 0 aliphatic rings. The van der Waals surface area contributed by atoms with Crippen LogP contribution in [-0.2, 0) is 6.42 Å². The first-order chi connectivity index (χ1) is 5.77. The third-order valence-electron chi connectivity index (χ3n) is 1.39. The molecule has 3 nitrogen and oxygen atoms in total. The molecule has 0 saturated carbocycles. The number of halogens is 1. The quantitative estimate of drug-likeness (QED) is 0.500. The predicted octanol–water partition coefficient (Wildman–Crippen LogP) is 1.46. The molecule has 0 bridgehead atoms. The lowest BCUT2D eigenvalue weighted by molar-refractivity contribution is 0.875. The van der Waals surface area contributed by atoms with Crippen LogP contribution in [0.15, 0.2) is 16.0 Å². The minimum Gasteiger partial charge on any atom is -0.330 e. The van der Waals surface area contributed by atoms with Gasteiger partial charge < -0.3 is 5.73 Å². The standard InChI is InChI=1S/C7H10BrN3S/c1-12-7-10-4-5(2-3-9)6(8)11-7/h4H,2-3,9H2,1H3. The summed E-state index contributed by atoms with van der Waals surface area (Å²) >= 11 is 4.90. The van der Waals surface area contributed by atoms with E-state index >= 15 is 0 Å². The second-order valence-electron chi connectivity index (χ2n) is 2.21. The van der Waals surface area contributed by atoms with Crippen LogP contribution in [0.25, 0.3) is 0 Å². The monoisotopic (exact) mass is 247 g/mol. The number of nitrogens with two attached hydrogens (primary N) is 1. The van der Waals surface area contributed by atoms with E-state index in [1.165, 1.54) is 11.8 Å². The first-order valence-corrected chi connectivity index (χ1v) is 5.55. The molecule has 0 radical (unpaired) electrons. The highest BCUT2D eigenvalue weighted by Crippen LogP contribution is 2.16. The fourth-order valence-corrected chi connectivity index (χ4v) is 1.72. The number of thioether (sulfide) groups is 1. The van der Waals surface area contributed by atoms with E-state index in [9.17, 15) is 0 Å². The van der Waals surface area contributed by atoms with Crippen molar-refractivity contribution in [2.45, 2.75) is 11.6 Å². The van der Waals surface area contributed by atoms with Gasteiger partial charge in [-0.3, -0.25) is 0 Å². The van der Waals surface area contributed by atoms with Gasteiger partial charge in [0.1, 0.15) is 4.60 Å². The Morgan fingerprint density at radius 2 is 2.42 bits per heavy atom. The minimum atomic E-state index is 0.626. The summed E-state index contributed by atoms with van der Waals surface area (Å²) in [7, 11) is 0. The summed E-state index contributed by atoms with van der Waals surface area (Å²) in [4.78, 5) is 8.37. The Hall–Kier alpha value is -0.130. The van der Waals surface area contributed by atoms with E-state index < -0.39 is 0 Å². The van der Waals surface area contributed by atoms with E-state index in [1.54, 1.807) is 0 Å². The van der Waals surface area contributed by atoms with Gasteiger partial charge in [-0.2, -0.15) is 0 Å². The van der Waals surface area contributed by atoms with Crippen molar-refractivity contribution in [3.63, 3.8) is 0 Å². The Labute approximate surface area is 84.3 Å². The summed E-state index contributed by atoms with van der Waals surface area (Å²) in [5.41, 5.74) is 6.48. The highest BCUT2D eigenvalue weighted by Gasteiger charge is 2.02. The maximum Gasteiger partial charge on any atom is 0.188 e. The summed E-state index contributed by atoms with van der Waals surface area (Å²) in [5.74, 6) is 0. The van der Waals surface area contributed by atoms with Gasteiger partial charge in [-0.05, 0) is 35.2 Å². The predicted molar refractivity (Wildman–Crippen MR) is 54.3 cm³/mol. The van der Waals surface area contributed by atoms with Crippen LogP contribution in [0.3, 0.4) is 0 Å². The Morgan fingerprint density at radius 3 is 2.92 bits per heavy atom. The van der Waals surface area contributed by atoms with E-state index in [-0.39, 0.29) is 0 Å². The molecule has 12 heavy (non-hydrogen) atoms. The van der Waals surface area contributed by atoms with Gasteiger partial charge in [-0.1, -0.05) is 11.8 Å². The molecule has 2 N–H and O–H groups in total. The Kier molecular flexibility index (Phi) is 3.97. The molecule has 66 valence electrons. The fraction of sp³-hybridized carbons (Fsp3) is 0.429. The Balaban J connectivity index is 2.87. The molecular weight excluding hydrogens is 238 g/mol. The number of aromatic nitrogens is 2. The zero-order valence-electron chi connectivity index (χ0n) is 6.75. The van der Waals surface area contributed by atoms with Gasteiger partial charge in [-0.15, -0.1) is 0 Å². The molecular formula is C7H10BrN3S. The summed E-state index contributed by atoms with van der Waals surface area (Å²) in [6, 6.07) is 0. The maximum absolute atomic E-state index is 5.42. The lowest BCUT2D eigenvalue weighted by Crippen LogP contribution is -2.04. The first kappa shape index (κ1) is 9.95. The fourth-order valence-electron chi connectivity index (χ4n) is 0.793. The Bertz CT molecular complexity index is 267. The van der Waals surface area contributed by atoms with Crippen LogP contribution in [0.5, 0.6) is 0 Å². The van der Waals surface area contributed by atoms with Crippen molar-refractivity contribution < 1.29 is 0 Å². The molecule has 0 aliphatic carbocycles. The highest BCUT2D eigenvalue weighted by atomic mass is 79.9. The zero-order chi connectivity index (χ0) is 8.97. The van der Waals surface area contributed by atoms with Crippen LogP contribution in [-0.4, -0.2) is 22.8 Å². The molecule has 0 aliphatic heterocycles. The van der Waals surface area contributed by atoms with Crippen LogP contribution < -0.4 is 5.73 Å². The van der Waals surface area contributed by atoms with Crippen molar-refractivity contribution in [1.29, 1.82) is 0 Å². The summed E-state index contributed by atoms with van der Waals surface area (Å²) in [6.07, 6.45) is 4.58. The third-order valence-corrected chi connectivity index (χ3v) is 2.63. The largest absolute Gasteiger partial charge is 0.330 e. The highest BCUT2D eigenvalue weighted by molar-refractivity contribution is 9.10. The molecule has 0 amide bonds. The molecule has 1 heterocycles.